The number of hydrogen-bond acceptors (Lipinski definition) is 7. The fourth-order valence-corrected chi connectivity index (χ4v) is 4.43. The van der Waals surface area contributed by atoms with Crippen LogP contribution in [0.15, 0.2) is 86.7 Å². The van der Waals surface area contributed by atoms with Gasteiger partial charge in [-0.2, -0.15) is 16.8 Å². The zero-order chi connectivity index (χ0) is 22.4. The summed E-state index contributed by atoms with van der Waals surface area (Å²) < 4.78 is 64.7. The highest BCUT2D eigenvalue weighted by atomic mass is 32.2. The van der Waals surface area contributed by atoms with Crippen molar-refractivity contribution in [2.75, 3.05) is 0 Å². The van der Waals surface area contributed by atoms with Gasteiger partial charge in [-0.05, 0) is 35.7 Å². The summed E-state index contributed by atoms with van der Waals surface area (Å²) >= 11 is 0. The molecule has 0 radical (unpaired) electrons. The first kappa shape index (κ1) is 20.9. The summed E-state index contributed by atoms with van der Waals surface area (Å²) in [4.78, 5) is -0.576. The number of hydrogen-bond donors (Lipinski definition) is 3. The second kappa shape index (κ2) is 7.39. The number of fused-ring (bicyclic) bond motifs is 2. The molecule has 9 nitrogen and oxygen atoms in total. The fraction of sp³-hybridized carbons (Fsp3) is 0. The van der Waals surface area contributed by atoms with Crippen LogP contribution in [0.2, 0.25) is 0 Å². The number of rotatable bonds is 4. The van der Waals surface area contributed by atoms with Crippen LogP contribution in [0.25, 0.3) is 21.5 Å². The SMILES string of the molecule is O=S(=O)(O)c1ccc2c(N=Nc3ccc(S(=O)(=O)O)c4ccccc34)c(O)ccc2c1. The van der Waals surface area contributed by atoms with E-state index in [0.717, 1.165) is 0 Å². The molecule has 0 heterocycles. The van der Waals surface area contributed by atoms with Crippen molar-refractivity contribution in [1.82, 2.24) is 0 Å². The van der Waals surface area contributed by atoms with E-state index in [-0.39, 0.29) is 32.3 Å². The molecule has 4 aromatic carbocycles. The third-order valence-corrected chi connectivity index (χ3v) is 6.40. The van der Waals surface area contributed by atoms with Crippen molar-refractivity contribution in [3.63, 3.8) is 0 Å². The zero-order valence-corrected chi connectivity index (χ0v) is 17.2. The number of phenolic OH excluding ortho intramolecular Hbond substituents is 1. The number of phenols is 1. The Bertz CT molecular complexity index is 1600. The van der Waals surface area contributed by atoms with E-state index in [2.05, 4.69) is 10.2 Å². The highest BCUT2D eigenvalue weighted by Crippen LogP contribution is 2.38. The summed E-state index contributed by atoms with van der Waals surface area (Å²) in [6.45, 7) is 0. The van der Waals surface area contributed by atoms with Gasteiger partial charge < -0.3 is 5.11 Å². The summed E-state index contributed by atoms with van der Waals surface area (Å²) in [5.41, 5.74) is 0.344. The molecule has 0 saturated carbocycles. The van der Waals surface area contributed by atoms with Crippen molar-refractivity contribution in [2.24, 2.45) is 10.2 Å². The molecule has 0 unspecified atom stereocenters. The predicted octanol–water partition coefficient (Wildman–Crippen LogP) is 4.61. The van der Waals surface area contributed by atoms with Crippen LogP contribution in [-0.4, -0.2) is 31.0 Å². The van der Waals surface area contributed by atoms with Crippen molar-refractivity contribution in [2.45, 2.75) is 9.79 Å². The first-order chi connectivity index (χ1) is 14.6. The molecule has 0 aliphatic heterocycles. The Hall–Kier alpha value is -3.38. The fourth-order valence-electron chi connectivity index (χ4n) is 3.22. The van der Waals surface area contributed by atoms with Gasteiger partial charge in [0.15, 0.2) is 0 Å². The van der Waals surface area contributed by atoms with E-state index < -0.39 is 20.2 Å². The van der Waals surface area contributed by atoms with Gasteiger partial charge in [-0.1, -0.05) is 36.4 Å². The molecule has 0 atom stereocenters. The Balaban J connectivity index is 1.88. The molecule has 0 bridgehead atoms. The monoisotopic (exact) mass is 458 g/mol. The molecule has 0 aliphatic rings. The van der Waals surface area contributed by atoms with Crippen LogP contribution >= 0.6 is 0 Å². The van der Waals surface area contributed by atoms with Gasteiger partial charge in [0.25, 0.3) is 20.2 Å². The maximum atomic E-state index is 11.6. The molecular formula is C20H14N2O7S2. The van der Waals surface area contributed by atoms with Crippen molar-refractivity contribution in [1.29, 1.82) is 0 Å². The van der Waals surface area contributed by atoms with E-state index in [4.69, 9.17) is 0 Å². The van der Waals surface area contributed by atoms with Crippen molar-refractivity contribution in [3.8, 4) is 5.75 Å². The van der Waals surface area contributed by atoms with Crippen molar-refractivity contribution >= 4 is 53.2 Å². The minimum atomic E-state index is -4.45. The van der Waals surface area contributed by atoms with Gasteiger partial charge in [0.05, 0.1) is 10.6 Å². The number of azo groups is 1. The van der Waals surface area contributed by atoms with Crippen LogP contribution in [0, 0.1) is 0 Å². The second-order valence-electron chi connectivity index (χ2n) is 6.59. The van der Waals surface area contributed by atoms with Crippen LogP contribution < -0.4 is 0 Å². The van der Waals surface area contributed by atoms with Gasteiger partial charge in [0, 0.05) is 16.2 Å². The summed E-state index contributed by atoms with van der Waals surface area (Å²) in [5.74, 6) is -0.213. The smallest absolute Gasteiger partial charge is 0.295 e. The van der Waals surface area contributed by atoms with Gasteiger partial charge in [-0.15, -0.1) is 10.2 Å². The summed E-state index contributed by atoms with van der Waals surface area (Å²) in [6.07, 6.45) is 0. The van der Waals surface area contributed by atoms with Gasteiger partial charge in [-0.25, -0.2) is 0 Å². The minimum Gasteiger partial charge on any atom is -0.506 e. The number of aromatic hydroxyl groups is 1. The third-order valence-electron chi connectivity index (χ3n) is 4.64. The maximum absolute atomic E-state index is 11.6. The average Bonchev–Trinajstić information content (AvgIpc) is 2.71. The maximum Gasteiger partial charge on any atom is 0.295 e. The molecular weight excluding hydrogens is 444 g/mol. The lowest BCUT2D eigenvalue weighted by atomic mass is 10.1. The first-order valence-electron chi connectivity index (χ1n) is 8.70. The van der Waals surface area contributed by atoms with Crippen LogP contribution in [0.5, 0.6) is 5.75 Å². The summed E-state index contributed by atoms with van der Waals surface area (Å²) in [5, 5.41) is 19.9. The lowest BCUT2D eigenvalue weighted by Gasteiger charge is -2.07. The van der Waals surface area contributed by atoms with Crippen LogP contribution in [0.4, 0.5) is 11.4 Å². The van der Waals surface area contributed by atoms with E-state index in [1.54, 1.807) is 18.2 Å². The zero-order valence-electron chi connectivity index (χ0n) is 15.5. The molecule has 0 aromatic heterocycles. The predicted molar refractivity (Wildman–Crippen MR) is 113 cm³/mol. The molecule has 0 saturated heterocycles. The van der Waals surface area contributed by atoms with Crippen LogP contribution in [0.1, 0.15) is 0 Å². The Morgan fingerprint density at radius 1 is 0.677 bits per heavy atom. The summed E-state index contributed by atoms with van der Waals surface area (Å²) in [7, 11) is -8.85. The van der Waals surface area contributed by atoms with E-state index in [1.807, 2.05) is 0 Å². The van der Waals surface area contributed by atoms with Crippen LogP contribution in [-0.2, 0) is 20.2 Å². The van der Waals surface area contributed by atoms with E-state index in [0.29, 0.717) is 16.2 Å². The van der Waals surface area contributed by atoms with E-state index >= 15 is 0 Å². The number of nitrogens with zero attached hydrogens (tertiary/aromatic N) is 2. The topological polar surface area (TPSA) is 154 Å². The first-order valence-corrected chi connectivity index (χ1v) is 11.6. The van der Waals surface area contributed by atoms with Gasteiger partial charge >= 0.3 is 0 Å². The molecule has 11 heteroatoms. The second-order valence-corrected chi connectivity index (χ2v) is 9.41. The third kappa shape index (κ3) is 3.99. The Labute approximate surface area is 176 Å². The Kier molecular flexibility index (Phi) is 4.98. The largest absolute Gasteiger partial charge is 0.506 e. The van der Waals surface area contributed by atoms with E-state index in [1.165, 1.54) is 48.5 Å². The quantitative estimate of drug-likeness (QED) is 0.298. The van der Waals surface area contributed by atoms with E-state index in [9.17, 15) is 31.0 Å². The molecule has 4 aromatic rings. The molecule has 3 N–H and O–H groups in total. The van der Waals surface area contributed by atoms with Crippen molar-refractivity contribution in [3.05, 3.63) is 66.7 Å². The molecule has 31 heavy (non-hydrogen) atoms. The summed E-state index contributed by atoms with van der Waals surface area (Å²) in [6, 6.07) is 15.5. The molecule has 4 rings (SSSR count). The number of benzene rings is 4. The van der Waals surface area contributed by atoms with Crippen LogP contribution in [0.3, 0.4) is 0 Å². The molecule has 158 valence electrons. The highest BCUT2D eigenvalue weighted by Gasteiger charge is 2.16. The van der Waals surface area contributed by atoms with Gasteiger partial charge in [-0.3, -0.25) is 9.11 Å². The normalized spacial score (nSPS) is 12.7. The minimum absolute atomic E-state index is 0.0577. The molecule has 0 amide bonds. The van der Waals surface area contributed by atoms with Gasteiger partial charge in [0.1, 0.15) is 16.3 Å². The highest BCUT2D eigenvalue weighted by molar-refractivity contribution is 7.86. The van der Waals surface area contributed by atoms with Gasteiger partial charge in [0.2, 0.25) is 0 Å². The average molecular weight is 458 g/mol. The Morgan fingerprint density at radius 3 is 2.06 bits per heavy atom. The molecule has 0 fully saturated rings. The molecule has 0 spiro atoms. The Morgan fingerprint density at radius 2 is 1.39 bits per heavy atom. The lowest BCUT2D eigenvalue weighted by molar-refractivity contribution is 0.477. The standard InChI is InChI=1S/C20H14N2O7S2/c23-18-9-5-12-11-13(30(24,25)26)6-7-14(12)20(18)22-21-17-8-10-19(31(27,28)29)16-4-2-1-3-15(16)17/h1-11,23H,(H,24,25,26)(H,27,28,29). The van der Waals surface area contributed by atoms with Crippen molar-refractivity contribution < 1.29 is 31.0 Å². The lowest BCUT2D eigenvalue weighted by Crippen LogP contribution is -1.98. The molecule has 0 aliphatic carbocycles.